The number of aliphatic hydroxyl groups excluding tert-OH is 1. The predicted octanol–water partition coefficient (Wildman–Crippen LogP) is 0.0837. The van der Waals surface area contributed by atoms with Crippen LogP contribution in [0.5, 0.6) is 0 Å². The molecule has 1 aromatic rings. The third kappa shape index (κ3) is 2.34. The summed E-state index contributed by atoms with van der Waals surface area (Å²) < 4.78 is 0. The van der Waals surface area contributed by atoms with Crippen molar-refractivity contribution in [3.8, 4) is 0 Å². The van der Waals surface area contributed by atoms with Crippen LogP contribution in [-0.2, 0) is 6.54 Å². The van der Waals surface area contributed by atoms with Gasteiger partial charge in [-0.25, -0.2) is 0 Å². The third-order valence-corrected chi connectivity index (χ3v) is 3.04. The summed E-state index contributed by atoms with van der Waals surface area (Å²) in [7, 11) is 0. The highest BCUT2D eigenvalue weighted by atomic mass is 16.3. The fourth-order valence-electron chi connectivity index (χ4n) is 2.22. The SMILES string of the molecule is OC[C@@H]1CC[NH+](Cc2ccccc2)C1. The van der Waals surface area contributed by atoms with E-state index in [9.17, 15) is 0 Å². The first-order chi connectivity index (χ1) is 6.88. The van der Waals surface area contributed by atoms with Crippen LogP contribution in [-0.4, -0.2) is 24.8 Å². The van der Waals surface area contributed by atoms with Gasteiger partial charge in [-0.3, -0.25) is 0 Å². The van der Waals surface area contributed by atoms with Crippen LogP contribution in [0, 0.1) is 5.92 Å². The zero-order valence-electron chi connectivity index (χ0n) is 8.45. The Bertz CT molecular complexity index is 273. The Morgan fingerprint density at radius 2 is 2.07 bits per heavy atom. The van der Waals surface area contributed by atoms with E-state index in [0.29, 0.717) is 12.5 Å². The van der Waals surface area contributed by atoms with E-state index in [1.807, 2.05) is 0 Å². The molecule has 2 nitrogen and oxygen atoms in total. The van der Waals surface area contributed by atoms with Gasteiger partial charge >= 0.3 is 0 Å². The molecule has 14 heavy (non-hydrogen) atoms. The number of hydrogen-bond acceptors (Lipinski definition) is 1. The van der Waals surface area contributed by atoms with Crippen LogP contribution in [0.2, 0.25) is 0 Å². The van der Waals surface area contributed by atoms with Gasteiger partial charge in [-0.1, -0.05) is 30.3 Å². The Morgan fingerprint density at radius 3 is 2.71 bits per heavy atom. The lowest BCUT2D eigenvalue weighted by Crippen LogP contribution is -3.08. The van der Waals surface area contributed by atoms with Crippen molar-refractivity contribution in [2.75, 3.05) is 19.7 Å². The van der Waals surface area contributed by atoms with Crippen molar-refractivity contribution in [2.45, 2.75) is 13.0 Å². The summed E-state index contributed by atoms with van der Waals surface area (Å²) in [5.74, 6) is 0.536. The molecule has 76 valence electrons. The zero-order valence-corrected chi connectivity index (χ0v) is 8.45. The summed E-state index contributed by atoms with van der Waals surface area (Å²) in [5.41, 5.74) is 1.40. The second-order valence-electron chi connectivity index (χ2n) is 4.20. The molecule has 1 aromatic carbocycles. The van der Waals surface area contributed by atoms with Crippen molar-refractivity contribution in [3.05, 3.63) is 35.9 Å². The molecule has 1 unspecified atom stereocenters. The molecule has 0 amide bonds. The second kappa shape index (κ2) is 4.58. The summed E-state index contributed by atoms with van der Waals surface area (Å²) in [4.78, 5) is 1.61. The van der Waals surface area contributed by atoms with Crippen LogP contribution >= 0.6 is 0 Å². The molecular formula is C12H18NO+. The van der Waals surface area contributed by atoms with Gasteiger partial charge in [0, 0.05) is 17.9 Å². The monoisotopic (exact) mass is 192 g/mol. The molecule has 0 aliphatic carbocycles. The van der Waals surface area contributed by atoms with E-state index in [0.717, 1.165) is 13.1 Å². The van der Waals surface area contributed by atoms with E-state index in [2.05, 4.69) is 30.3 Å². The van der Waals surface area contributed by atoms with Gasteiger partial charge in [0.05, 0.1) is 19.7 Å². The fraction of sp³-hybridized carbons (Fsp3) is 0.500. The average Bonchev–Trinajstić information content (AvgIpc) is 2.67. The highest BCUT2D eigenvalue weighted by Gasteiger charge is 2.24. The minimum Gasteiger partial charge on any atom is -0.396 e. The first-order valence-electron chi connectivity index (χ1n) is 5.37. The summed E-state index contributed by atoms with van der Waals surface area (Å²) in [6.45, 7) is 3.81. The summed E-state index contributed by atoms with van der Waals surface area (Å²) in [5, 5.41) is 9.04. The Hall–Kier alpha value is -0.860. The molecular weight excluding hydrogens is 174 g/mol. The molecule has 1 fully saturated rings. The molecule has 0 radical (unpaired) electrons. The van der Waals surface area contributed by atoms with Gasteiger partial charge in [-0.05, 0) is 0 Å². The van der Waals surface area contributed by atoms with Gasteiger partial charge in [-0.15, -0.1) is 0 Å². The molecule has 0 spiro atoms. The molecule has 2 N–H and O–H groups in total. The first kappa shape index (κ1) is 9.69. The minimum absolute atomic E-state index is 0.359. The third-order valence-electron chi connectivity index (χ3n) is 3.04. The first-order valence-corrected chi connectivity index (χ1v) is 5.37. The van der Waals surface area contributed by atoms with Gasteiger partial charge in [0.25, 0.3) is 0 Å². The number of rotatable bonds is 3. The van der Waals surface area contributed by atoms with Crippen LogP contribution in [0.15, 0.2) is 30.3 Å². The molecule has 1 heterocycles. The van der Waals surface area contributed by atoms with E-state index in [1.54, 1.807) is 4.90 Å². The van der Waals surface area contributed by atoms with Crippen LogP contribution in [0.3, 0.4) is 0 Å². The molecule has 1 aliphatic heterocycles. The Morgan fingerprint density at radius 1 is 1.29 bits per heavy atom. The van der Waals surface area contributed by atoms with E-state index in [1.165, 1.54) is 18.5 Å². The lowest BCUT2D eigenvalue weighted by molar-refractivity contribution is -0.903. The number of nitrogens with one attached hydrogen (secondary N) is 1. The average molecular weight is 192 g/mol. The molecule has 2 atom stereocenters. The number of likely N-dealkylation sites (tertiary alicyclic amines) is 1. The van der Waals surface area contributed by atoms with Gasteiger partial charge in [0.15, 0.2) is 0 Å². The Kier molecular flexibility index (Phi) is 3.17. The molecule has 1 saturated heterocycles. The van der Waals surface area contributed by atoms with Crippen molar-refractivity contribution in [2.24, 2.45) is 5.92 Å². The predicted molar refractivity (Wildman–Crippen MR) is 56.0 cm³/mol. The largest absolute Gasteiger partial charge is 0.396 e. The van der Waals surface area contributed by atoms with E-state index >= 15 is 0 Å². The zero-order chi connectivity index (χ0) is 9.80. The maximum Gasteiger partial charge on any atom is 0.103 e. The van der Waals surface area contributed by atoms with Crippen molar-refractivity contribution in [3.63, 3.8) is 0 Å². The lowest BCUT2D eigenvalue weighted by atomic mass is 10.1. The van der Waals surface area contributed by atoms with Gasteiger partial charge in [0.1, 0.15) is 6.54 Å². The second-order valence-corrected chi connectivity index (χ2v) is 4.20. The van der Waals surface area contributed by atoms with Crippen LogP contribution < -0.4 is 4.90 Å². The Balaban J connectivity index is 1.88. The van der Waals surface area contributed by atoms with E-state index < -0.39 is 0 Å². The van der Waals surface area contributed by atoms with Crippen LogP contribution in [0.4, 0.5) is 0 Å². The molecule has 0 aromatic heterocycles. The maximum absolute atomic E-state index is 9.04. The van der Waals surface area contributed by atoms with Gasteiger partial charge < -0.3 is 10.0 Å². The lowest BCUT2D eigenvalue weighted by Gasteiger charge is -2.12. The van der Waals surface area contributed by atoms with Gasteiger partial charge in [0.2, 0.25) is 0 Å². The van der Waals surface area contributed by atoms with E-state index in [4.69, 9.17) is 5.11 Å². The topological polar surface area (TPSA) is 24.7 Å². The molecule has 1 aliphatic rings. The molecule has 0 saturated carbocycles. The van der Waals surface area contributed by atoms with Crippen molar-refractivity contribution < 1.29 is 10.0 Å². The summed E-state index contributed by atoms with van der Waals surface area (Å²) in [6, 6.07) is 10.6. The number of benzene rings is 1. The van der Waals surface area contributed by atoms with E-state index in [-0.39, 0.29) is 0 Å². The number of quaternary nitrogens is 1. The Labute approximate surface area is 85.2 Å². The fourth-order valence-corrected chi connectivity index (χ4v) is 2.22. The highest BCUT2D eigenvalue weighted by molar-refractivity contribution is 5.13. The number of aliphatic hydroxyl groups is 1. The minimum atomic E-state index is 0.359. The van der Waals surface area contributed by atoms with Crippen molar-refractivity contribution in [1.82, 2.24) is 0 Å². The van der Waals surface area contributed by atoms with Crippen molar-refractivity contribution in [1.29, 1.82) is 0 Å². The van der Waals surface area contributed by atoms with Crippen molar-refractivity contribution >= 4 is 0 Å². The molecule has 2 rings (SSSR count). The maximum atomic E-state index is 9.04. The smallest absolute Gasteiger partial charge is 0.103 e. The standard InChI is InChI=1S/C12H17NO/c14-10-12-6-7-13(9-12)8-11-4-2-1-3-5-11/h1-5,12,14H,6-10H2/p+1/t12-/m1/s1. The molecule has 0 bridgehead atoms. The quantitative estimate of drug-likeness (QED) is 0.697. The summed E-state index contributed by atoms with van der Waals surface area (Å²) >= 11 is 0. The van der Waals surface area contributed by atoms with Crippen LogP contribution in [0.1, 0.15) is 12.0 Å². The van der Waals surface area contributed by atoms with Crippen LogP contribution in [0.25, 0.3) is 0 Å². The highest BCUT2D eigenvalue weighted by Crippen LogP contribution is 2.03. The normalized spacial score (nSPS) is 26.6. The summed E-state index contributed by atoms with van der Waals surface area (Å²) in [6.07, 6.45) is 1.18. The number of hydrogen-bond donors (Lipinski definition) is 2. The van der Waals surface area contributed by atoms with Gasteiger partial charge in [-0.2, -0.15) is 0 Å². The molecule has 2 heteroatoms.